The second kappa shape index (κ2) is 6.04. The maximum absolute atomic E-state index is 13.0. The summed E-state index contributed by atoms with van der Waals surface area (Å²) in [6, 6.07) is 4.43. The predicted molar refractivity (Wildman–Crippen MR) is 73.9 cm³/mol. The van der Waals surface area contributed by atoms with Crippen LogP contribution in [0, 0.1) is 5.82 Å². The van der Waals surface area contributed by atoms with Crippen LogP contribution < -0.4 is 0 Å². The lowest BCUT2D eigenvalue weighted by Gasteiger charge is -2.30. The van der Waals surface area contributed by atoms with Gasteiger partial charge in [-0.05, 0) is 24.7 Å². The highest BCUT2D eigenvalue weighted by Gasteiger charge is 2.26. The Labute approximate surface area is 115 Å². The Bertz CT molecular complexity index is 455. The van der Waals surface area contributed by atoms with E-state index in [1.54, 1.807) is 17.8 Å². The lowest BCUT2D eigenvalue weighted by molar-refractivity contribution is -0.122. The van der Waals surface area contributed by atoms with Gasteiger partial charge in [-0.2, -0.15) is 11.8 Å². The van der Waals surface area contributed by atoms with E-state index in [-0.39, 0.29) is 16.8 Å². The molecule has 1 saturated heterocycles. The topological polar surface area (TPSA) is 20.3 Å². The number of Topliss-reactive ketones (excluding diaryl/α,β-unsaturated/α-hetero) is 1. The Morgan fingerprint density at radius 3 is 3.06 bits per heavy atom. The molecule has 1 aromatic carbocycles. The summed E-state index contributed by atoms with van der Waals surface area (Å²) >= 11 is 7.51. The minimum Gasteiger partial charge on any atom is -0.298 e. The Hall–Kier alpha value is -0.580. The zero-order valence-corrected chi connectivity index (χ0v) is 11.7. The number of carbonyl (C=O) groups is 1. The first-order valence-electron chi connectivity index (χ1n) is 5.82. The van der Waals surface area contributed by atoms with Crippen molar-refractivity contribution in [3.8, 4) is 0 Å². The van der Waals surface area contributed by atoms with E-state index in [9.17, 15) is 9.18 Å². The second-order valence-electron chi connectivity index (χ2n) is 4.46. The summed E-state index contributed by atoms with van der Waals surface area (Å²) in [5.74, 6) is 1.64. The summed E-state index contributed by atoms with van der Waals surface area (Å²) < 4.78 is 13.0. The lowest BCUT2D eigenvalue weighted by atomic mass is 10.0. The van der Waals surface area contributed by atoms with Crippen molar-refractivity contribution >= 4 is 29.1 Å². The van der Waals surface area contributed by atoms with Crippen molar-refractivity contribution in [1.82, 2.24) is 4.90 Å². The van der Waals surface area contributed by atoms with E-state index in [0.29, 0.717) is 6.42 Å². The number of thioether (sulfide) groups is 1. The molecule has 18 heavy (non-hydrogen) atoms. The molecule has 0 aromatic heterocycles. The number of rotatable bonds is 3. The first kappa shape index (κ1) is 13.8. The molecular formula is C13H15ClFNOS. The van der Waals surface area contributed by atoms with Crippen LogP contribution >= 0.6 is 23.4 Å². The molecule has 1 unspecified atom stereocenters. The monoisotopic (exact) mass is 287 g/mol. The first-order valence-corrected chi connectivity index (χ1v) is 7.36. The van der Waals surface area contributed by atoms with Gasteiger partial charge >= 0.3 is 0 Å². The number of halogens is 2. The number of hydrogen-bond acceptors (Lipinski definition) is 3. The molecule has 0 saturated carbocycles. The fourth-order valence-corrected chi connectivity index (χ4v) is 3.44. The number of ketones is 1. The normalized spacial score (nSPS) is 20.9. The molecule has 2 nitrogen and oxygen atoms in total. The average molecular weight is 288 g/mol. The van der Waals surface area contributed by atoms with Crippen molar-refractivity contribution in [3.05, 3.63) is 34.6 Å². The van der Waals surface area contributed by atoms with Crippen molar-refractivity contribution in [1.29, 1.82) is 0 Å². The smallest absolute Gasteiger partial charge is 0.155 e. The van der Waals surface area contributed by atoms with Crippen LogP contribution in [-0.4, -0.2) is 41.8 Å². The average Bonchev–Trinajstić information content (AvgIpc) is 2.34. The zero-order chi connectivity index (χ0) is 13.1. The largest absolute Gasteiger partial charge is 0.298 e. The van der Waals surface area contributed by atoms with Crippen molar-refractivity contribution in [2.45, 2.75) is 12.5 Å². The number of nitrogens with zero attached hydrogens (tertiary/aromatic N) is 1. The maximum atomic E-state index is 13.0. The number of carbonyl (C=O) groups excluding carboxylic acids is 1. The van der Waals surface area contributed by atoms with Crippen molar-refractivity contribution < 1.29 is 9.18 Å². The molecule has 0 bridgehead atoms. The van der Waals surface area contributed by atoms with Crippen LogP contribution in [0.2, 0.25) is 5.02 Å². The third-order valence-corrected chi connectivity index (χ3v) is 4.44. The third-order valence-electron chi connectivity index (χ3n) is 3.13. The van der Waals surface area contributed by atoms with Gasteiger partial charge in [0.05, 0.1) is 11.1 Å². The minimum atomic E-state index is -0.446. The third kappa shape index (κ3) is 3.25. The molecule has 0 amide bonds. The highest BCUT2D eigenvalue weighted by molar-refractivity contribution is 7.99. The molecule has 1 heterocycles. The maximum Gasteiger partial charge on any atom is 0.155 e. The van der Waals surface area contributed by atoms with Crippen LogP contribution in [-0.2, 0) is 11.2 Å². The van der Waals surface area contributed by atoms with Gasteiger partial charge < -0.3 is 0 Å². The summed E-state index contributed by atoms with van der Waals surface area (Å²) in [6.07, 6.45) is 0.315. The molecule has 2 rings (SSSR count). The summed E-state index contributed by atoms with van der Waals surface area (Å²) in [4.78, 5) is 14.3. The van der Waals surface area contributed by atoms with E-state index in [1.165, 1.54) is 12.1 Å². The molecule has 5 heteroatoms. The van der Waals surface area contributed by atoms with Crippen LogP contribution in [0.15, 0.2) is 18.2 Å². The van der Waals surface area contributed by atoms with Crippen molar-refractivity contribution in [3.63, 3.8) is 0 Å². The Kier molecular flexibility index (Phi) is 4.65. The highest BCUT2D eigenvalue weighted by atomic mass is 35.5. The van der Waals surface area contributed by atoms with E-state index in [1.807, 2.05) is 7.05 Å². The van der Waals surface area contributed by atoms with Gasteiger partial charge in [-0.15, -0.1) is 0 Å². The number of benzene rings is 1. The molecule has 1 atom stereocenters. The quantitative estimate of drug-likeness (QED) is 0.852. The Morgan fingerprint density at radius 1 is 1.61 bits per heavy atom. The molecule has 0 spiro atoms. The molecule has 0 N–H and O–H groups in total. The fourth-order valence-electron chi connectivity index (χ4n) is 1.99. The first-order chi connectivity index (χ1) is 8.58. The van der Waals surface area contributed by atoms with E-state index in [2.05, 4.69) is 4.90 Å². The summed E-state index contributed by atoms with van der Waals surface area (Å²) in [6.45, 7) is 0.936. The van der Waals surface area contributed by atoms with Crippen molar-refractivity contribution in [2.75, 3.05) is 25.1 Å². The van der Waals surface area contributed by atoms with E-state index >= 15 is 0 Å². The Morgan fingerprint density at radius 2 is 2.39 bits per heavy atom. The van der Waals surface area contributed by atoms with Gasteiger partial charge in [0, 0.05) is 24.5 Å². The van der Waals surface area contributed by atoms with Gasteiger partial charge in [-0.3, -0.25) is 9.69 Å². The predicted octanol–water partition coefficient (Wildman–Crippen LogP) is 2.64. The number of likely N-dealkylation sites (N-methyl/N-ethyl adjacent to an activating group) is 1. The SMILES string of the molecule is CN1CCSCC1C(=O)Cc1ccc(F)c(Cl)c1. The molecule has 98 valence electrons. The van der Waals surface area contributed by atoms with Gasteiger partial charge in [-0.1, -0.05) is 17.7 Å². The molecule has 0 aliphatic carbocycles. The Balaban J connectivity index is 2.04. The minimum absolute atomic E-state index is 0.0346. The standard InChI is InChI=1S/C13H15ClFNOS/c1-16-4-5-18-8-12(16)13(17)7-9-2-3-11(15)10(14)6-9/h2-3,6,12H,4-5,7-8H2,1H3. The molecule has 1 fully saturated rings. The summed E-state index contributed by atoms with van der Waals surface area (Å²) in [5.41, 5.74) is 0.773. The molecule has 0 radical (unpaired) electrons. The van der Waals surface area contributed by atoms with E-state index in [4.69, 9.17) is 11.6 Å². The van der Waals surface area contributed by atoms with Crippen LogP contribution in [0.1, 0.15) is 5.56 Å². The second-order valence-corrected chi connectivity index (χ2v) is 6.02. The highest BCUT2D eigenvalue weighted by Crippen LogP contribution is 2.19. The molecule has 1 aliphatic rings. The van der Waals surface area contributed by atoms with Crippen LogP contribution in [0.5, 0.6) is 0 Å². The summed E-state index contributed by atoms with van der Waals surface area (Å²) in [7, 11) is 1.97. The molecule has 1 aromatic rings. The number of hydrogen-bond donors (Lipinski definition) is 0. The fraction of sp³-hybridized carbons (Fsp3) is 0.462. The van der Waals surface area contributed by atoms with Gasteiger partial charge in [0.1, 0.15) is 5.82 Å². The van der Waals surface area contributed by atoms with Crippen LogP contribution in [0.25, 0.3) is 0 Å². The van der Waals surface area contributed by atoms with E-state index < -0.39 is 5.82 Å². The summed E-state index contributed by atoms with van der Waals surface area (Å²) in [5, 5.41) is 0.0756. The molecule has 1 aliphatic heterocycles. The van der Waals surface area contributed by atoms with Crippen molar-refractivity contribution in [2.24, 2.45) is 0 Å². The van der Waals surface area contributed by atoms with Gasteiger partial charge in [0.15, 0.2) is 5.78 Å². The van der Waals surface area contributed by atoms with Gasteiger partial charge in [0.25, 0.3) is 0 Å². The van der Waals surface area contributed by atoms with Crippen LogP contribution in [0.4, 0.5) is 4.39 Å². The zero-order valence-electron chi connectivity index (χ0n) is 10.2. The van der Waals surface area contributed by atoms with Gasteiger partial charge in [-0.25, -0.2) is 4.39 Å². The van der Waals surface area contributed by atoms with E-state index in [0.717, 1.165) is 23.6 Å². The van der Waals surface area contributed by atoms with Crippen LogP contribution in [0.3, 0.4) is 0 Å². The van der Waals surface area contributed by atoms with Gasteiger partial charge in [0.2, 0.25) is 0 Å². The lowest BCUT2D eigenvalue weighted by Crippen LogP contribution is -2.45. The molecular weight excluding hydrogens is 273 g/mol.